The number of hydrogen-bond acceptors (Lipinski definition) is 4. The van der Waals surface area contributed by atoms with Crippen molar-refractivity contribution in [3.8, 4) is 5.75 Å². The Balaban J connectivity index is 0.00000242. The summed E-state index contributed by atoms with van der Waals surface area (Å²) in [7, 11) is 0. The molecule has 1 aromatic carbocycles. The molecule has 0 unspecified atom stereocenters. The van der Waals surface area contributed by atoms with Gasteiger partial charge in [-0.2, -0.15) is 0 Å². The van der Waals surface area contributed by atoms with Crippen LogP contribution in [-0.4, -0.2) is 43.7 Å². The molecule has 0 N–H and O–H groups in total. The number of halogens is 1. The Morgan fingerprint density at radius 1 is 1.27 bits per heavy atom. The van der Waals surface area contributed by atoms with Crippen molar-refractivity contribution in [1.29, 1.82) is 0 Å². The lowest BCUT2D eigenvalue weighted by Crippen LogP contribution is -2.39. The number of aryl methyl sites for hydroxylation is 1. The topological polar surface area (TPSA) is 38.8 Å². The lowest BCUT2D eigenvalue weighted by Gasteiger charge is -2.30. The number of para-hydroxylation sites is 1. The van der Waals surface area contributed by atoms with E-state index < -0.39 is 0 Å². The van der Waals surface area contributed by atoms with Crippen molar-refractivity contribution < 1.29 is 14.3 Å². The summed E-state index contributed by atoms with van der Waals surface area (Å²) in [6.07, 6.45) is 1.78. The Bertz CT molecular complexity index is 459. The summed E-state index contributed by atoms with van der Waals surface area (Å²) in [5.74, 6) is 1.01. The summed E-state index contributed by atoms with van der Waals surface area (Å²) in [5, 5.41) is 0. The lowest BCUT2D eigenvalue weighted by atomic mass is 9.97. The van der Waals surface area contributed by atoms with Crippen molar-refractivity contribution in [3.05, 3.63) is 29.8 Å². The van der Waals surface area contributed by atoms with Gasteiger partial charge in [-0.25, -0.2) is 0 Å². The fourth-order valence-corrected chi connectivity index (χ4v) is 2.66. The van der Waals surface area contributed by atoms with Gasteiger partial charge in [0.15, 0.2) is 0 Å². The Morgan fingerprint density at radius 2 is 1.95 bits per heavy atom. The van der Waals surface area contributed by atoms with Crippen LogP contribution in [0.2, 0.25) is 0 Å². The summed E-state index contributed by atoms with van der Waals surface area (Å²) in [6, 6.07) is 8.07. The first kappa shape index (κ1) is 18.8. The number of benzene rings is 1. The quantitative estimate of drug-likeness (QED) is 0.753. The maximum absolute atomic E-state index is 11.7. The summed E-state index contributed by atoms with van der Waals surface area (Å²) >= 11 is 0. The lowest BCUT2D eigenvalue weighted by molar-refractivity contribution is -0.149. The molecule has 4 nitrogen and oxygen atoms in total. The zero-order valence-corrected chi connectivity index (χ0v) is 14.2. The van der Waals surface area contributed by atoms with Gasteiger partial charge in [-0.3, -0.25) is 9.69 Å². The number of esters is 1. The van der Waals surface area contributed by atoms with Crippen molar-refractivity contribution in [1.82, 2.24) is 4.90 Å². The van der Waals surface area contributed by atoms with Crippen LogP contribution in [0.5, 0.6) is 5.75 Å². The van der Waals surface area contributed by atoms with Crippen LogP contribution in [0.15, 0.2) is 24.3 Å². The predicted molar refractivity (Wildman–Crippen MR) is 89.7 cm³/mol. The van der Waals surface area contributed by atoms with Gasteiger partial charge in [-0.1, -0.05) is 18.2 Å². The molecule has 1 saturated heterocycles. The molecule has 0 aromatic heterocycles. The fraction of sp³-hybridized carbons (Fsp3) is 0.588. The molecule has 1 heterocycles. The van der Waals surface area contributed by atoms with Gasteiger partial charge in [0.2, 0.25) is 0 Å². The monoisotopic (exact) mass is 327 g/mol. The van der Waals surface area contributed by atoms with Gasteiger partial charge in [0.1, 0.15) is 12.4 Å². The van der Waals surface area contributed by atoms with Gasteiger partial charge in [0.25, 0.3) is 0 Å². The first-order chi connectivity index (χ1) is 10.2. The number of carbonyl (C=O) groups is 1. The Morgan fingerprint density at radius 3 is 2.59 bits per heavy atom. The largest absolute Gasteiger partial charge is 0.492 e. The molecule has 22 heavy (non-hydrogen) atoms. The molecule has 0 spiro atoms. The van der Waals surface area contributed by atoms with E-state index in [0.29, 0.717) is 13.2 Å². The van der Waals surface area contributed by atoms with E-state index in [1.54, 1.807) is 0 Å². The van der Waals surface area contributed by atoms with E-state index in [1.165, 1.54) is 5.56 Å². The summed E-state index contributed by atoms with van der Waals surface area (Å²) in [6.45, 7) is 7.87. The van der Waals surface area contributed by atoms with Gasteiger partial charge in [-0.05, 0) is 51.4 Å². The molecule has 0 atom stereocenters. The van der Waals surface area contributed by atoms with E-state index in [1.807, 2.05) is 25.1 Å². The molecule has 1 fully saturated rings. The van der Waals surface area contributed by atoms with Crippen LogP contribution >= 0.6 is 12.4 Å². The maximum Gasteiger partial charge on any atom is 0.309 e. The number of carbonyl (C=O) groups excluding carboxylic acids is 1. The summed E-state index contributed by atoms with van der Waals surface area (Å²) in [4.78, 5) is 14.0. The Hall–Kier alpha value is -1.26. The van der Waals surface area contributed by atoms with E-state index in [-0.39, 0.29) is 24.3 Å². The standard InChI is InChI=1S/C17H25NO3.ClH/c1-3-20-17(19)15-8-10-18(11-9-15)12-13-21-16-7-5-4-6-14(16)2;/h4-7,15H,3,8-13H2,1-2H3;1H. The van der Waals surface area contributed by atoms with Crippen molar-refractivity contribution in [2.45, 2.75) is 26.7 Å². The Labute approximate surface area is 139 Å². The van der Waals surface area contributed by atoms with Crippen LogP contribution in [0, 0.1) is 12.8 Å². The molecule has 0 amide bonds. The minimum Gasteiger partial charge on any atom is -0.492 e. The Kier molecular flexibility index (Phi) is 8.28. The highest BCUT2D eigenvalue weighted by Gasteiger charge is 2.25. The fourth-order valence-electron chi connectivity index (χ4n) is 2.66. The maximum atomic E-state index is 11.7. The van der Waals surface area contributed by atoms with Crippen LogP contribution in [0.1, 0.15) is 25.3 Å². The molecule has 0 bridgehead atoms. The molecule has 1 aliphatic rings. The van der Waals surface area contributed by atoms with Crippen molar-refractivity contribution in [2.75, 3.05) is 32.8 Å². The minimum atomic E-state index is -0.0340. The van der Waals surface area contributed by atoms with Crippen LogP contribution in [0.4, 0.5) is 0 Å². The van der Waals surface area contributed by atoms with Gasteiger partial charge in [0.05, 0.1) is 12.5 Å². The first-order valence-electron chi connectivity index (χ1n) is 7.78. The van der Waals surface area contributed by atoms with Gasteiger partial charge >= 0.3 is 5.97 Å². The third-order valence-electron chi connectivity index (χ3n) is 3.97. The molecule has 124 valence electrons. The molecule has 0 saturated carbocycles. The zero-order valence-electron chi connectivity index (χ0n) is 13.4. The van der Waals surface area contributed by atoms with Crippen molar-refractivity contribution >= 4 is 18.4 Å². The highest BCUT2D eigenvalue weighted by molar-refractivity contribution is 5.85. The molecule has 5 heteroatoms. The highest BCUT2D eigenvalue weighted by Crippen LogP contribution is 2.19. The smallest absolute Gasteiger partial charge is 0.309 e. The number of likely N-dealkylation sites (tertiary alicyclic amines) is 1. The van der Waals surface area contributed by atoms with Crippen LogP contribution in [-0.2, 0) is 9.53 Å². The molecular formula is C17H26ClNO3. The van der Waals surface area contributed by atoms with Crippen molar-refractivity contribution in [2.24, 2.45) is 5.92 Å². The second-order valence-corrected chi connectivity index (χ2v) is 5.48. The van der Waals surface area contributed by atoms with E-state index in [2.05, 4.69) is 17.9 Å². The summed E-state index contributed by atoms with van der Waals surface area (Å²) in [5.41, 5.74) is 1.17. The minimum absolute atomic E-state index is 0. The number of nitrogens with zero attached hydrogens (tertiary/aromatic N) is 1. The van der Waals surface area contributed by atoms with E-state index in [0.717, 1.165) is 38.2 Å². The normalized spacial score (nSPS) is 15.9. The third kappa shape index (κ3) is 5.50. The van der Waals surface area contributed by atoms with E-state index in [4.69, 9.17) is 9.47 Å². The van der Waals surface area contributed by atoms with Crippen molar-refractivity contribution in [3.63, 3.8) is 0 Å². The highest BCUT2D eigenvalue weighted by atomic mass is 35.5. The predicted octanol–water partition coefficient (Wildman–Crippen LogP) is 3.07. The van der Waals surface area contributed by atoms with E-state index >= 15 is 0 Å². The van der Waals surface area contributed by atoms with Crippen LogP contribution in [0.3, 0.4) is 0 Å². The second kappa shape index (κ2) is 9.70. The molecule has 0 radical (unpaired) electrons. The van der Waals surface area contributed by atoms with Gasteiger partial charge in [-0.15, -0.1) is 12.4 Å². The van der Waals surface area contributed by atoms with Crippen LogP contribution < -0.4 is 4.74 Å². The van der Waals surface area contributed by atoms with Crippen LogP contribution in [0.25, 0.3) is 0 Å². The van der Waals surface area contributed by atoms with Gasteiger partial charge < -0.3 is 9.47 Å². The average Bonchev–Trinajstić information content (AvgIpc) is 2.50. The number of ether oxygens (including phenoxy) is 2. The third-order valence-corrected chi connectivity index (χ3v) is 3.97. The molecule has 1 aliphatic heterocycles. The summed E-state index contributed by atoms with van der Waals surface area (Å²) < 4.78 is 10.9. The van der Waals surface area contributed by atoms with E-state index in [9.17, 15) is 4.79 Å². The molecule has 2 rings (SSSR count). The SMILES string of the molecule is CCOC(=O)C1CCN(CCOc2ccccc2C)CC1.Cl. The molecule has 0 aliphatic carbocycles. The second-order valence-electron chi connectivity index (χ2n) is 5.48. The number of rotatable bonds is 6. The van der Waals surface area contributed by atoms with Gasteiger partial charge in [0, 0.05) is 6.54 Å². The average molecular weight is 328 g/mol. The number of piperidine rings is 1. The molecule has 1 aromatic rings. The number of hydrogen-bond donors (Lipinski definition) is 0. The molecular weight excluding hydrogens is 302 g/mol. The first-order valence-corrected chi connectivity index (χ1v) is 7.78. The zero-order chi connectivity index (χ0) is 15.1.